The van der Waals surface area contributed by atoms with Crippen molar-refractivity contribution in [1.29, 1.82) is 0 Å². The summed E-state index contributed by atoms with van der Waals surface area (Å²) >= 11 is -0.138. The van der Waals surface area contributed by atoms with Gasteiger partial charge in [0, 0.05) is 0 Å². The quantitative estimate of drug-likeness (QED) is 0.293. The van der Waals surface area contributed by atoms with Gasteiger partial charge in [-0.05, 0) is 0 Å². The van der Waals surface area contributed by atoms with E-state index in [-0.39, 0.29) is 20.4 Å². The first-order chi connectivity index (χ1) is 8.93. The number of hydrogen-bond acceptors (Lipinski definition) is 4. The second kappa shape index (κ2) is 5.89. The minimum atomic E-state index is -6.09. The molecule has 0 saturated carbocycles. The maximum Gasteiger partial charge on any atom is 0.485 e. The maximum absolute atomic E-state index is 10.7. The van der Waals surface area contributed by atoms with Crippen LogP contribution in [0.15, 0.2) is 18.2 Å². The van der Waals surface area contributed by atoms with E-state index in [1.165, 1.54) is 12.6 Å². The Bertz CT molecular complexity index is 724. The van der Waals surface area contributed by atoms with Crippen molar-refractivity contribution >= 4 is 39.5 Å². The third-order valence-electron chi connectivity index (χ3n) is 2.32. The SMILES string of the molecule is Cc1[te]c2ccc(O)cc2[n+]1C.O=S(=O)([O-])C(F)(F)F. The maximum atomic E-state index is 10.7. The van der Waals surface area contributed by atoms with Crippen molar-refractivity contribution < 1.29 is 35.8 Å². The van der Waals surface area contributed by atoms with E-state index in [2.05, 4.69) is 18.5 Å². The smallest absolute Gasteiger partial charge is 0.485 e. The van der Waals surface area contributed by atoms with Crippen LogP contribution in [0.3, 0.4) is 0 Å². The van der Waals surface area contributed by atoms with Crippen molar-refractivity contribution in [2.24, 2.45) is 7.05 Å². The number of aromatic hydroxyl groups is 1. The van der Waals surface area contributed by atoms with Crippen LogP contribution in [0.1, 0.15) is 3.71 Å². The summed E-state index contributed by atoms with van der Waals surface area (Å²) in [5.41, 5.74) is -4.46. The van der Waals surface area contributed by atoms with Gasteiger partial charge >= 0.3 is 86.2 Å². The number of aryl methyl sites for hydroxylation is 2. The molecule has 5 nitrogen and oxygen atoms in total. The van der Waals surface area contributed by atoms with Crippen LogP contribution in [0.4, 0.5) is 13.2 Å². The van der Waals surface area contributed by atoms with Gasteiger partial charge in [0.05, 0.1) is 0 Å². The fraction of sp³-hybridized carbons (Fsp3) is 0.300. The summed E-state index contributed by atoms with van der Waals surface area (Å²) < 4.78 is 64.0. The van der Waals surface area contributed by atoms with E-state index < -0.39 is 15.6 Å². The first-order valence-corrected chi connectivity index (χ1v) is 8.77. The molecule has 1 N–H and O–H groups in total. The van der Waals surface area contributed by atoms with Gasteiger partial charge in [-0.15, -0.1) is 0 Å². The molecule has 0 radical (unpaired) electrons. The molecule has 2 aromatic rings. The molecule has 1 aromatic carbocycles. The molecule has 0 fully saturated rings. The fourth-order valence-corrected chi connectivity index (χ4v) is 4.08. The molecule has 0 saturated heterocycles. The third kappa shape index (κ3) is 4.09. The van der Waals surface area contributed by atoms with Gasteiger partial charge in [-0.3, -0.25) is 0 Å². The molecule has 0 aliphatic carbocycles. The van der Waals surface area contributed by atoms with Crippen LogP contribution in [-0.2, 0) is 17.2 Å². The average molecular weight is 425 g/mol. The molecule has 0 aliphatic heterocycles. The summed E-state index contributed by atoms with van der Waals surface area (Å²) in [6, 6.07) is 5.66. The zero-order valence-corrected chi connectivity index (χ0v) is 13.4. The van der Waals surface area contributed by atoms with Crippen LogP contribution >= 0.6 is 0 Å². The molecule has 0 aliphatic rings. The van der Waals surface area contributed by atoms with Crippen molar-refractivity contribution in [3.8, 4) is 5.75 Å². The number of benzene rings is 1. The Balaban J connectivity index is 0.000000221. The van der Waals surface area contributed by atoms with Gasteiger partial charge in [0.2, 0.25) is 0 Å². The molecule has 1 heterocycles. The molecular weight excluding hydrogens is 415 g/mol. The molecule has 2 rings (SSSR count). The summed E-state index contributed by atoms with van der Waals surface area (Å²) in [5, 5.41) is 9.28. The van der Waals surface area contributed by atoms with Crippen molar-refractivity contribution in [2.75, 3.05) is 0 Å². The zero-order valence-electron chi connectivity index (χ0n) is 10.3. The molecule has 0 spiro atoms. The van der Waals surface area contributed by atoms with E-state index in [4.69, 9.17) is 13.0 Å². The minimum Gasteiger partial charge on any atom is -0.741 e. The van der Waals surface area contributed by atoms with Crippen LogP contribution < -0.4 is 4.57 Å². The fourth-order valence-electron chi connectivity index (χ4n) is 1.25. The van der Waals surface area contributed by atoms with Gasteiger partial charge in [0.1, 0.15) is 0 Å². The van der Waals surface area contributed by atoms with Gasteiger partial charge < -0.3 is 4.55 Å². The second-order valence-corrected chi connectivity index (χ2v) is 8.63. The first-order valence-electron chi connectivity index (χ1n) is 5.04. The van der Waals surface area contributed by atoms with Gasteiger partial charge in [-0.25, -0.2) is 8.42 Å². The van der Waals surface area contributed by atoms with Crippen LogP contribution in [0.2, 0.25) is 0 Å². The summed E-state index contributed by atoms with van der Waals surface area (Å²) in [6.45, 7) is 2.17. The number of rotatable bonds is 0. The molecule has 112 valence electrons. The molecule has 1 aromatic heterocycles. The van der Waals surface area contributed by atoms with Crippen molar-refractivity contribution in [2.45, 2.75) is 12.4 Å². The van der Waals surface area contributed by atoms with Crippen LogP contribution in [-0.4, -0.2) is 44.0 Å². The van der Waals surface area contributed by atoms with E-state index in [9.17, 15) is 18.3 Å². The van der Waals surface area contributed by atoms with E-state index in [1.807, 2.05) is 12.1 Å². The number of nitrogens with zero attached hydrogens (tertiary/aromatic N) is 1. The largest absolute Gasteiger partial charge is 0.741 e. The summed E-state index contributed by atoms with van der Waals surface area (Å²) in [7, 11) is -4.03. The van der Waals surface area contributed by atoms with E-state index >= 15 is 0 Å². The Labute approximate surface area is 122 Å². The monoisotopic (exact) mass is 427 g/mol. The average Bonchev–Trinajstić information content (AvgIpc) is 2.54. The van der Waals surface area contributed by atoms with Crippen LogP contribution in [0, 0.1) is 6.92 Å². The Morgan fingerprint density at radius 2 is 1.85 bits per heavy atom. The Morgan fingerprint density at radius 3 is 2.30 bits per heavy atom. The third-order valence-corrected chi connectivity index (χ3v) is 6.12. The second-order valence-electron chi connectivity index (χ2n) is 3.73. The van der Waals surface area contributed by atoms with Gasteiger partial charge in [0.25, 0.3) is 0 Å². The number of fused-ring (bicyclic) bond motifs is 1. The molecular formula is C10H10F3NO4STe. The van der Waals surface area contributed by atoms with Gasteiger partial charge in [0.15, 0.2) is 10.1 Å². The number of hydrogen-bond donors (Lipinski definition) is 1. The number of alkyl halides is 3. The Hall–Kier alpha value is -0.820. The van der Waals surface area contributed by atoms with E-state index in [1.54, 1.807) is 6.07 Å². The molecule has 10 heteroatoms. The predicted molar refractivity (Wildman–Crippen MR) is 64.2 cm³/mol. The normalized spacial score (nSPS) is 12.1. The summed E-state index contributed by atoms with van der Waals surface area (Å²) in [6.07, 6.45) is 0. The molecule has 0 bridgehead atoms. The van der Waals surface area contributed by atoms with Crippen molar-refractivity contribution in [1.82, 2.24) is 0 Å². The minimum absolute atomic E-state index is 0.138. The molecule has 0 unspecified atom stereocenters. The Morgan fingerprint density at radius 1 is 1.35 bits per heavy atom. The van der Waals surface area contributed by atoms with E-state index in [0.717, 1.165) is 0 Å². The van der Waals surface area contributed by atoms with Crippen molar-refractivity contribution in [3.63, 3.8) is 0 Å². The number of halogens is 3. The van der Waals surface area contributed by atoms with Crippen molar-refractivity contribution in [3.05, 3.63) is 21.9 Å². The zero-order chi connectivity index (χ0) is 15.7. The molecule has 20 heavy (non-hydrogen) atoms. The summed E-state index contributed by atoms with van der Waals surface area (Å²) in [4.78, 5) is 0. The van der Waals surface area contributed by atoms with Gasteiger partial charge in [-0.1, -0.05) is 0 Å². The number of phenols is 1. The number of aromatic nitrogens is 1. The predicted octanol–water partition coefficient (Wildman–Crippen LogP) is 0.787. The molecule has 0 atom stereocenters. The standard InChI is InChI=1S/C9H9NOTe.CHF3O3S/c1-6-10(2)8-5-7(11)3-4-9(8)12-6;2-1(3,4)8(5,6)7/h3-5H,1-2H3;(H,5,6,7). The topological polar surface area (TPSA) is 81.3 Å². The van der Waals surface area contributed by atoms with Crippen LogP contribution in [0.25, 0.3) is 8.92 Å². The molecule has 0 amide bonds. The van der Waals surface area contributed by atoms with Gasteiger partial charge in [-0.2, -0.15) is 13.2 Å². The van der Waals surface area contributed by atoms with Crippen LogP contribution in [0.5, 0.6) is 5.75 Å². The number of phenolic OH excluding ortho intramolecular Hbond substituents is 1. The Kier molecular flexibility index (Phi) is 5.08. The first kappa shape index (κ1) is 17.2. The van der Waals surface area contributed by atoms with E-state index in [0.29, 0.717) is 5.75 Å². The summed E-state index contributed by atoms with van der Waals surface area (Å²) in [5.74, 6) is 0.364.